The van der Waals surface area contributed by atoms with Crippen molar-refractivity contribution in [2.75, 3.05) is 7.11 Å². The highest BCUT2D eigenvalue weighted by Crippen LogP contribution is 2.07. The summed E-state index contributed by atoms with van der Waals surface area (Å²) in [6, 6.07) is 4.66. The lowest BCUT2D eigenvalue weighted by atomic mass is 10.6. The Morgan fingerprint density at radius 3 is 3.27 bits per heavy atom. The van der Waals surface area contributed by atoms with Crippen molar-refractivity contribution >= 4 is 5.65 Å². The van der Waals surface area contributed by atoms with Gasteiger partial charge < -0.3 is 4.74 Å². The molecule has 4 heteroatoms. The molecule has 0 unspecified atom stereocenters. The van der Waals surface area contributed by atoms with Gasteiger partial charge in [-0.05, 0) is 6.07 Å². The van der Waals surface area contributed by atoms with Gasteiger partial charge in [0.2, 0.25) is 5.88 Å². The zero-order valence-electron chi connectivity index (χ0n) is 5.98. The summed E-state index contributed by atoms with van der Waals surface area (Å²) in [5, 5.41) is 4.01. The van der Waals surface area contributed by atoms with Crippen LogP contribution >= 0.6 is 0 Å². The molecule has 0 N–H and O–H groups in total. The fourth-order valence-electron chi connectivity index (χ4n) is 0.844. The molecule has 2 aromatic heterocycles. The molecule has 1 radical (unpaired) electrons. The van der Waals surface area contributed by atoms with Crippen molar-refractivity contribution in [1.29, 1.82) is 0 Å². The van der Waals surface area contributed by atoms with Crippen molar-refractivity contribution in [3.05, 3.63) is 24.5 Å². The lowest BCUT2D eigenvalue weighted by molar-refractivity contribution is 0.394. The molecule has 55 valence electrons. The average molecular weight is 148 g/mol. The third kappa shape index (κ3) is 0.920. The highest BCUT2D eigenvalue weighted by molar-refractivity contribution is 5.38. The number of methoxy groups -OCH3 is 1. The van der Waals surface area contributed by atoms with Crippen LogP contribution in [-0.4, -0.2) is 21.7 Å². The number of hydrogen-bond acceptors (Lipinski definition) is 3. The normalized spacial score (nSPS) is 10.3. The van der Waals surface area contributed by atoms with E-state index in [1.165, 1.54) is 0 Å². The average Bonchev–Trinajstić information content (AvgIpc) is 2.46. The Morgan fingerprint density at radius 1 is 1.64 bits per heavy atom. The molecule has 0 spiro atoms. The van der Waals surface area contributed by atoms with E-state index < -0.39 is 0 Å². The predicted molar refractivity (Wildman–Crippen MR) is 38.4 cm³/mol. The second-order valence-corrected chi connectivity index (χ2v) is 2.02. The van der Waals surface area contributed by atoms with Gasteiger partial charge in [0.05, 0.1) is 13.2 Å². The van der Waals surface area contributed by atoms with E-state index in [1.54, 1.807) is 30.1 Å². The first-order valence-corrected chi connectivity index (χ1v) is 3.17. The smallest absolute Gasteiger partial charge is 0.243 e. The topological polar surface area (TPSA) is 39.4 Å². The van der Waals surface area contributed by atoms with Gasteiger partial charge in [0.25, 0.3) is 0 Å². The van der Waals surface area contributed by atoms with Crippen LogP contribution in [0.1, 0.15) is 0 Å². The van der Waals surface area contributed by atoms with Gasteiger partial charge in [-0.1, -0.05) is 0 Å². The second-order valence-electron chi connectivity index (χ2n) is 2.02. The lowest BCUT2D eigenvalue weighted by Gasteiger charge is -1.87. The van der Waals surface area contributed by atoms with Crippen LogP contribution in [0, 0.1) is 6.07 Å². The fourth-order valence-corrected chi connectivity index (χ4v) is 0.844. The fraction of sp³-hybridized carbons (Fsp3) is 0.143. The summed E-state index contributed by atoms with van der Waals surface area (Å²) in [4.78, 5) is 4.01. The lowest BCUT2D eigenvalue weighted by Crippen LogP contribution is -1.87. The highest BCUT2D eigenvalue weighted by Gasteiger charge is 1.99. The van der Waals surface area contributed by atoms with Crippen LogP contribution < -0.4 is 4.74 Å². The summed E-state index contributed by atoms with van der Waals surface area (Å²) in [5.74, 6) is 0.462. The number of nitrogens with zero attached hydrogens (tertiary/aromatic N) is 3. The van der Waals surface area contributed by atoms with Gasteiger partial charge in [-0.15, -0.1) is 5.10 Å². The van der Waals surface area contributed by atoms with Gasteiger partial charge in [0.1, 0.15) is 0 Å². The minimum Gasteiger partial charge on any atom is -0.479 e. The molecule has 0 aliphatic rings. The van der Waals surface area contributed by atoms with Gasteiger partial charge >= 0.3 is 0 Å². The Kier molecular flexibility index (Phi) is 1.25. The number of aromatic nitrogens is 3. The Balaban J connectivity index is 2.69. The molecule has 0 atom stereocenters. The minimum atomic E-state index is 0.462. The zero-order chi connectivity index (χ0) is 7.68. The minimum absolute atomic E-state index is 0.462. The largest absolute Gasteiger partial charge is 0.479 e. The van der Waals surface area contributed by atoms with Crippen LogP contribution in [0.15, 0.2) is 18.5 Å². The summed E-state index contributed by atoms with van der Waals surface area (Å²) in [6.07, 6.45) is 3.48. The molecule has 0 saturated heterocycles. The Bertz CT molecular complexity index is 335. The molecule has 0 saturated carbocycles. The standard InChI is InChI=1S/C7H6N3O/c1-11-7-5-6-8-3-2-4-10(6)9-7/h2-4H,1H3. The van der Waals surface area contributed by atoms with E-state index in [2.05, 4.69) is 16.1 Å². The first kappa shape index (κ1) is 6.15. The molecular formula is C7H6N3O. The van der Waals surface area contributed by atoms with Crippen molar-refractivity contribution in [3.63, 3.8) is 0 Å². The summed E-state index contributed by atoms with van der Waals surface area (Å²) in [5.41, 5.74) is 0.671. The third-order valence-corrected chi connectivity index (χ3v) is 1.34. The van der Waals surface area contributed by atoms with Gasteiger partial charge in [0, 0.05) is 12.4 Å². The Hall–Kier alpha value is -1.58. The van der Waals surface area contributed by atoms with Crippen molar-refractivity contribution in [2.24, 2.45) is 0 Å². The Labute approximate surface area is 63.4 Å². The third-order valence-electron chi connectivity index (χ3n) is 1.34. The molecule has 0 bridgehead atoms. The van der Waals surface area contributed by atoms with Crippen LogP contribution in [-0.2, 0) is 0 Å². The Morgan fingerprint density at radius 2 is 2.55 bits per heavy atom. The maximum absolute atomic E-state index is 4.87. The van der Waals surface area contributed by atoms with Gasteiger partial charge in [-0.3, -0.25) is 0 Å². The van der Waals surface area contributed by atoms with Crippen molar-refractivity contribution in [2.45, 2.75) is 0 Å². The molecule has 0 aliphatic carbocycles. The summed E-state index contributed by atoms with van der Waals surface area (Å²) < 4.78 is 6.48. The number of ether oxygens (including phenoxy) is 1. The highest BCUT2D eigenvalue weighted by atomic mass is 16.5. The quantitative estimate of drug-likeness (QED) is 0.592. The second kappa shape index (κ2) is 2.23. The summed E-state index contributed by atoms with van der Waals surface area (Å²) >= 11 is 0. The van der Waals surface area contributed by atoms with E-state index >= 15 is 0 Å². The van der Waals surface area contributed by atoms with E-state index in [9.17, 15) is 0 Å². The van der Waals surface area contributed by atoms with Gasteiger partial charge in [-0.2, -0.15) is 0 Å². The molecule has 0 fully saturated rings. The maximum Gasteiger partial charge on any atom is 0.243 e. The van der Waals surface area contributed by atoms with Gasteiger partial charge in [-0.25, -0.2) is 9.50 Å². The number of hydrogen-bond donors (Lipinski definition) is 0. The van der Waals surface area contributed by atoms with Crippen LogP contribution in [0.5, 0.6) is 5.88 Å². The molecule has 0 aliphatic heterocycles. The monoisotopic (exact) mass is 148 g/mol. The first-order valence-electron chi connectivity index (χ1n) is 3.17. The molecule has 4 nitrogen and oxygen atoms in total. The summed E-state index contributed by atoms with van der Waals surface area (Å²) in [6.45, 7) is 0. The SMILES string of the molecule is COc1[c]c2ncccn2n1. The molecular weight excluding hydrogens is 142 g/mol. The molecule has 0 amide bonds. The van der Waals surface area contributed by atoms with Crippen molar-refractivity contribution in [3.8, 4) is 5.88 Å². The zero-order valence-corrected chi connectivity index (χ0v) is 5.98. The molecule has 2 rings (SSSR count). The predicted octanol–water partition coefficient (Wildman–Crippen LogP) is 0.538. The molecule has 11 heavy (non-hydrogen) atoms. The van der Waals surface area contributed by atoms with Crippen LogP contribution in [0.4, 0.5) is 0 Å². The van der Waals surface area contributed by atoms with Crippen molar-refractivity contribution < 1.29 is 4.74 Å². The van der Waals surface area contributed by atoms with E-state index in [-0.39, 0.29) is 0 Å². The molecule has 0 aromatic carbocycles. The number of rotatable bonds is 1. The van der Waals surface area contributed by atoms with Gasteiger partial charge in [0.15, 0.2) is 5.65 Å². The molecule has 2 aromatic rings. The first-order chi connectivity index (χ1) is 5.40. The van der Waals surface area contributed by atoms with E-state index in [0.717, 1.165) is 0 Å². The van der Waals surface area contributed by atoms with Crippen molar-refractivity contribution in [1.82, 2.24) is 14.6 Å². The molecule has 2 heterocycles. The van der Waals surface area contributed by atoms with Crippen LogP contribution in [0.3, 0.4) is 0 Å². The van der Waals surface area contributed by atoms with E-state index in [1.807, 2.05) is 0 Å². The number of fused-ring (bicyclic) bond motifs is 1. The van der Waals surface area contributed by atoms with Crippen LogP contribution in [0.2, 0.25) is 0 Å². The summed E-state index contributed by atoms with van der Waals surface area (Å²) in [7, 11) is 1.55. The maximum atomic E-state index is 4.87. The van der Waals surface area contributed by atoms with Crippen LogP contribution in [0.25, 0.3) is 5.65 Å². The van der Waals surface area contributed by atoms with E-state index in [0.29, 0.717) is 11.5 Å². The van der Waals surface area contributed by atoms with E-state index in [4.69, 9.17) is 4.74 Å².